The standard InChI is InChI=1S/C23H21.C15H14.C5H5.2ClH.Zr/c1-22(2)7-5-14-10-18-16(12-20(14)22)9-17-13-21-15(11-19(17)18)6-8-23(21,3)4;1-3-8-14(9-4-1)12-7-13-15-10-5-2-6-11-15;1-2-4-5-3-1;;;/h5-13H,1-4H3;1-6,8-11H,12-13H2;1-3H,4H2;2*1H;/q;;;;;+2/p-2. The van der Waals surface area contributed by atoms with Crippen LogP contribution in [0.2, 0.25) is 0 Å². The first-order valence-corrected chi connectivity index (χ1v) is 20.1. The second-order valence-corrected chi connectivity index (χ2v) is 21.0. The number of rotatable bonds is 6. The van der Waals surface area contributed by atoms with Gasteiger partial charge in [0.15, 0.2) is 0 Å². The number of allylic oxidation sites excluding steroid dienone is 6. The zero-order valence-corrected chi connectivity index (χ0v) is 31.0. The van der Waals surface area contributed by atoms with Crippen molar-refractivity contribution in [2.45, 2.75) is 61.4 Å². The maximum absolute atomic E-state index is 2.65. The van der Waals surface area contributed by atoms with E-state index >= 15 is 0 Å². The summed E-state index contributed by atoms with van der Waals surface area (Å²) in [5.74, 6) is 0. The number of hydrogen-bond acceptors (Lipinski definition) is 0. The Morgan fingerprint density at radius 1 is 0.674 bits per heavy atom. The van der Waals surface area contributed by atoms with Crippen LogP contribution >= 0.6 is 0 Å². The van der Waals surface area contributed by atoms with Gasteiger partial charge >= 0.3 is 272 Å². The second kappa shape index (κ2) is 12.7. The van der Waals surface area contributed by atoms with Crippen molar-refractivity contribution in [2.75, 3.05) is 0 Å². The molecule has 0 atom stereocenters. The molecule has 46 heavy (non-hydrogen) atoms. The van der Waals surface area contributed by atoms with Crippen LogP contribution in [0.15, 0.2) is 119 Å². The molecule has 4 aromatic rings. The molecule has 0 aromatic heterocycles. The van der Waals surface area contributed by atoms with Crippen LogP contribution in [0.25, 0.3) is 23.3 Å². The Labute approximate surface area is 295 Å². The molecule has 0 unspecified atom stereocenters. The predicted molar refractivity (Wildman–Crippen MR) is 185 cm³/mol. The normalized spacial score (nSPS) is 16.8. The van der Waals surface area contributed by atoms with E-state index in [0.717, 1.165) is 19.3 Å². The van der Waals surface area contributed by atoms with Gasteiger partial charge in [-0.2, -0.15) is 0 Å². The van der Waals surface area contributed by atoms with Crippen molar-refractivity contribution in [3.63, 3.8) is 0 Å². The maximum atomic E-state index is 2.65. The van der Waals surface area contributed by atoms with E-state index in [1.807, 2.05) is 0 Å². The zero-order chi connectivity index (χ0) is 30.1. The molecule has 4 aromatic carbocycles. The molecule has 8 rings (SSSR count). The molecule has 4 aliphatic rings. The minimum absolute atomic E-state index is 0. The molecule has 0 saturated carbocycles. The van der Waals surface area contributed by atoms with Crippen LogP contribution in [0.1, 0.15) is 82.2 Å². The molecule has 0 heterocycles. The first-order valence-electron chi connectivity index (χ1n) is 16.2. The summed E-state index contributed by atoms with van der Waals surface area (Å²) >= 11 is -2.58. The van der Waals surface area contributed by atoms with Gasteiger partial charge in [0.2, 0.25) is 0 Å². The molecule has 0 amide bonds. The van der Waals surface area contributed by atoms with Gasteiger partial charge in [-0.15, -0.1) is 0 Å². The molecular weight excluding hydrogens is 679 g/mol. The predicted octanol–water partition coefficient (Wildman–Crippen LogP) is 4.49. The number of benzene rings is 4. The van der Waals surface area contributed by atoms with Gasteiger partial charge < -0.3 is 24.8 Å². The maximum Gasteiger partial charge on any atom is -1.00 e. The molecule has 0 nitrogen and oxygen atoms in total. The molecule has 0 spiro atoms. The minimum atomic E-state index is -2.58. The largest absolute Gasteiger partial charge is 1.00 e. The summed E-state index contributed by atoms with van der Waals surface area (Å²) in [6.07, 6.45) is 20.0. The quantitative estimate of drug-likeness (QED) is 0.276. The average Bonchev–Trinajstić information content (AvgIpc) is 3.79. The third kappa shape index (κ3) is 5.68. The van der Waals surface area contributed by atoms with E-state index in [9.17, 15) is 0 Å². The van der Waals surface area contributed by atoms with Gasteiger partial charge in [0.1, 0.15) is 0 Å². The Bertz CT molecular complexity index is 1850. The number of fused-ring (bicyclic) bond motifs is 5. The van der Waals surface area contributed by atoms with Crippen molar-refractivity contribution in [2.24, 2.45) is 0 Å². The van der Waals surface area contributed by atoms with E-state index in [2.05, 4.69) is 155 Å². The van der Waals surface area contributed by atoms with E-state index in [-0.39, 0.29) is 35.6 Å². The molecular formula is C43H40Cl2Zr. The van der Waals surface area contributed by atoms with E-state index in [1.165, 1.54) is 44.5 Å². The van der Waals surface area contributed by atoms with Crippen molar-refractivity contribution in [1.82, 2.24) is 0 Å². The number of halogens is 2. The van der Waals surface area contributed by atoms with Crippen LogP contribution in [0, 0.1) is 0 Å². The summed E-state index contributed by atoms with van der Waals surface area (Å²) in [4.78, 5) is 0. The fraction of sp³-hybridized carbons (Fsp3) is 0.233. The summed E-state index contributed by atoms with van der Waals surface area (Å²) in [5, 5.41) is 0. The van der Waals surface area contributed by atoms with Crippen LogP contribution in [0.4, 0.5) is 0 Å². The summed E-state index contributed by atoms with van der Waals surface area (Å²) in [5.41, 5.74) is 15.0. The molecule has 0 radical (unpaired) electrons. The minimum Gasteiger partial charge on any atom is -1.00 e. The Balaban J connectivity index is 0.00000186. The smallest absolute Gasteiger partial charge is 1.00 e. The Kier molecular flexibility index (Phi) is 9.10. The van der Waals surface area contributed by atoms with Crippen molar-refractivity contribution in [3.05, 3.63) is 163 Å². The first kappa shape index (κ1) is 33.1. The van der Waals surface area contributed by atoms with E-state index in [0.29, 0.717) is 3.63 Å². The van der Waals surface area contributed by atoms with Gasteiger partial charge in [-0.3, -0.25) is 0 Å². The van der Waals surface area contributed by atoms with Crippen molar-refractivity contribution < 1.29 is 46.1 Å². The van der Waals surface area contributed by atoms with E-state index in [4.69, 9.17) is 0 Å². The van der Waals surface area contributed by atoms with Crippen LogP contribution in [0.3, 0.4) is 0 Å². The molecule has 4 aliphatic carbocycles. The Hall–Kier alpha value is -2.83. The molecule has 0 fully saturated rings. The Morgan fingerprint density at radius 2 is 1.15 bits per heavy atom. The molecule has 0 aliphatic heterocycles. The van der Waals surface area contributed by atoms with Crippen LogP contribution in [0.5, 0.6) is 0 Å². The van der Waals surface area contributed by atoms with Gasteiger partial charge in [-0.1, -0.05) is 0 Å². The van der Waals surface area contributed by atoms with Crippen LogP contribution in [-0.4, -0.2) is 3.21 Å². The molecule has 0 saturated heterocycles. The topological polar surface area (TPSA) is 0 Å². The Morgan fingerprint density at radius 3 is 1.59 bits per heavy atom. The molecule has 230 valence electrons. The van der Waals surface area contributed by atoms with Gasteiger partial charge in [-0.25, -0.2) is 0 Å². The van der Waals surface area contributed by atoms with Crippen molar-refractivity contribution in [3.8, 4) is 11.1 Å². The zero-order valence-electron chi connectivity index (χ0n) is 27.1. The van der Waals surface area contributed by atoms with Gasteiger partial charge in [-0.05, 0) is 0 Å². The van der Waals surface area contributed by atoms with Crippen molar-refractivity contribution >= 4 is 15.4 Å². The third-order valence-electron chi connectivity index (χ3n) is 10.4. The summed E-state index contributed by atoms with van der Waals surface area (Å²) in [6.45, 7) is 9.52. The SMILES string of the molecule is CC1(C)C=Cc2cc3c(cc21)[CH]([Zr+2]([C]1=CC=CC1)=[C](Cc1ccccc1)Cc1ccccc1)c1cc2c(cc1-3)C=CC2(C)C.[Cl-].[Cl-]. The number of hydrogen-bond donors (Lipinski definition) is 0. The monoisotopic (exact) mass is 716 g/mol. The summed E-state index contributed by atoms with van der Waals surface area (Å²) < 4.78 is 4.02. The average molecular weight is 719 g/mol. The van der Waals surface area contributed by atoms with Crippen LogP contribution < -0.4 is 24.8 Å². The summed E-state index contributed by atoms with van der Waals surface area (Å²) in [6, 6.07) is 32.9. The third-order valence-corrected chi connectivity index (χ3v) is 18.7. The van der Waals surface area contributed by atoms with Gasteiger partial charge in [0.25, 0.3) is 0 Å². The molecule has 0 bridgehead atoms. The summed E-state index contributed by atoms with van der Waals surface area (Å²) in [7, 11) is 0. The second-order valence-electron chi connectivity index (χ2n) is 14.3. The molecule has 3 heteroatoms. The van der Waals surface area contributed by atoms with E-state index < -0.39 is 21.3 Å². The fourth-order valence-electron chi connectivity index (χ4n) is 8.06. The van der Waals surface area contributed by atoms with Gasteiger partial charge in [0.05, 0.1) is 0 Å². The van der Waals surface area contributed by atoms with Gasteiger partial charge in [0, 0.05) is 0 Å². The molecule has 0 N–H and O–H groups in total. The van der Waals surface area contributed by atoms with Crippen molar-refractivity contribution in [1.29, 1.82) is 0 Å². The van der Waals surface area contributed by atoms with Crippen LogP contribution in [-0.2, 0) is 44.9 Å². The van der Waals surface area contributed by atoms with E-state index in [1.54, 1.807) is 17.6 Å². The first-order chi connectivity index (χ1) is 21.3. The fourth-order valence-corrected chi connectivity index (χ4v) is 17.2.